The molecule has 194 valence electrons. The lowest BCUT2D eigenvalue weighted by molar-refractivity contribution is -0.192. The highest BCUT2D eigenvalue weighted by atomic mass is 19.4. The summed E-state index contributed by atoms with van der Waals surface area (Å²) in [5, 5.41) is 14.7. The van der Waals surface area contributed by atoms with Gasteiger partial charge in [-0.2, -0.15) is 18.3 Å². The first-order valence-corrected chi connectivity index (χ1v) is 11.4. The van der Waals surface area contributed by atoms with Crippen LogP contribution in [-0.2, 0) is 4.79 Å². The number of aryl methyl sites for hydroxylation is 2. The van der Waals surface area contributed by atoms with Gasteiger partial charge in [0.05, 0.1) is 11.2 Å². The van der Waals surface area contributed by atoms with Crippen molar-refractivity contribution in [1.29, 1.82) is 0 Å². The van der Waals surface area contributed by atoms with Gasteiger partial charge in [0.1, 0.15) is 0 Å². The molecule has 0 radical (unpaired) electrons. The van der Waals surface area contributed by atoms with Crippen molar-refractivity contribution in [2.45, 2.75) is 32.5 Å². The van der Waals surface area contributed by atoms with Crippen LogP contribution in [0.25, 0.3) is 11.2 Å². The molecule has 0 bridgehead atoms. The average molecular weight is 515 g/mol. The Balaban J connectivity index is 0.000000405. The number of carboxylic acid groups (broad SMARTS) is 1. The monoisotopic (exact) mass is 514 g/mol. The summed E-state index contributed by atoms with van der Waals surface area (Å²) < 4.78 is 35.6. The molecule has 1 fully saturated rings. The van der Waals surface area contributed by atoms with E-state index in [9.17, 15) is 18.0 Å². The van der Waals surface area contributed by atoms with Crippen molar-refractivity contribution in [2.24, 2.45) is 0 Å². The molecule has 3 aromatic heterocycles. The quantitative estimate of drug-likeness (QED) is 0.430. The molecule has 1 aromatic carbocycles. The van der Waals surface area contributed by atoms with Gasteiger partial charge >= 0.3 is 12.1 Å². The minimum Gasteiger partial charge on any atom is -0.475 e. The van der Waals surface area contributed by atoms with Crippen LogP contribution >= 0.6 is 0 Å². The Morgan fingerprint density at radius 1 is 1.05 bits per heavy atom. The van der Waals surface area contributed by atoms with Crippen molar-refractivity contribution in [3.63, 3.8) is 0 Å². The fraction of sp³-hybridized carbons (Fsp3) is 0.280. The molecule has 1 amide bonds. The molecule has 0 saturated carbocycles. The third-order valence-electron chi connectivity index (χ3n) is 6.00. The van der Waals surface area contributed by atoms with Crippen molar-refractivity contribution in [2.75, 3.05) is 18.0 Å². The van der Waals surface area contributed by atoms with E-state index in [1.54, 1.807) is 10.7 Å². The summed E-state index contributed by atoms with van der Waals surface area (Å²) >= 11 is 0. The van der Waals surface area contributed by atoms with Crippen LogP contribution in [0.15, 0.2) is 61.2 Å². The van der Waals surface area contributed by atoms with Crippen LogP contribution < -0.4 is 10.2 Å². The van der Waals surface area contributed by atoms with E-state index in [0.717, 1.165) is 42.1 Å². The first-order chi connectivity index (χ1) is 17.5. The van der Waals surface area contributed by atoms with Crippen LogP contribution in [0.5, 0.6) is 0 Å². The minimum absolute atomic E-state index is 0.0680. The van der Waals surface area contributed by atoms with Crippen molar-refractivity contribution in [3.8, 4) is 5.69 Å². The van der Waals surface area contributed by atoms with Gasteiger partial charge in [-0.05, 0) is 49.6 Å². The fourth-order valence-electron chi connectivity index (χ4n) is 4.16. The zero-order chi connectivity index (χ0) is 26.7. The largest absolute Gasteiger partial charge is 0.490 e. The van der Waals surface area contributed by atoms with Crippen LogP contribution in [0.2, 0.25) is 0 Å². The molecule has 0 unspecified atom stereocenters. The number of fused-ring (bicyclic) bond motifs is 1. The lowest BCUT2D eigenvalue weighted by Crippen LogP contribution is -2.37. The number of nitrogens with one attached hydrogen (secondary N) is 1. The molecule has 37 heavy (non-hydrogen) atoms. The Hall–Kier alpha value is -4.35. The first kappa shape index (κ1) is 25.7. The van der Waals surface area contributed by atoms with Gasteiger partial charge in [0.25, 0.3) is 5.91 Å². The number of aromatic nitrogens is 4. The van der Waals surface area contributed by atoms with Gasteiger partial charge in [0.2, 0.25) is 0 Å². The number of halogens is 3. The number of hydrogen-bond acceptors (Lipinski definition) is 5. The van der Waals surface area contributed by atoms with Gasteiger partial charge in [-0.1, -0.05) is 18.2 Å². The van der Waals surface area contributed by atoms with E-state index in [1.165, 1.54) is 5.56 Å². The number of hydrogen-bond donors (Lipinski definition) is 2. The third-order valence-corrected chi connectivity index (χ3v) is 6.00. The number of aliphatic carboxylic acids is 1. The van der Waals surface area contributed by atoms with Crippen LogP contribution in [0.3, 0.4) is 0 Å². The molecule has 4 aromatic rings. The molecule has 1 saturated heterocycles. The summed E-state index contributed by atoms with van der Waals surface area (Å²) in [6, 6.07) is 11.9. The minimum atomic E-state index is -5.08. The molecule has 12 heteroatoms. The smallest absolute Gasteiger partial charge is 0.475 e. The van der Waals surface area contributed by atoms with Gasteiger partial charge in [0.15, 0.2) is 11.5 Å². The third kappa shape index (κ3) is 5.74. The van der Waals surface area contributed by atoms with Crippen molar-refractivity contribution in [1.82, 2.24) is 24.5 Å². The lowest BCUT2D eigenvalue weighted by Gasteiger charge is -2.19. The van der Waals surface area contributed by atoms with Gasteiger partial charge in [-0.3, -0.25) is 4.79 Å². The highest BCUT2D eigenvalue weighted by Gasteiger charge is 2.38. The number of amides is 1. The predicted octanol–water partition coefficient (Wildman–Crippen LogP) is 3.78. The topological polar surface area (TPSA) is 105 Å². The van der Waals surface area contributed by atoms with E-state index in [2.05, 4.69) is 43.9 Å². The van der Waals surface area contributed by atoms with E-state index in [0.29, 0.717) is 5.69 Å². The standard InChI is InChI=1S/C23H24N6O.C2HF3O2/c1-16-5-3-4-6-20(16)29-13-9-19(26-29)23(30)25-18-8-12-28(15-18)22-21-17(2)7-11-27(21)14-10-24-22;3-2(4,5)1(6)7/h3-7,9-11,13-14,18H,8,12,15H2,1-2H3,(H,25,30);(H,6,7)/t18-;/m0./s1. The number of carboxylic acids is 1. The zero-order valence-electron chi connectivity index (χ0n) is 20.1. The summed E-state index contributed by atoms with van der Waals surface area (Å²) in [6.07, 6.45) is 3.47. The molecule has 0 aliphatic carbocycles. The van der Waals surface area contributed by atoms with Crippen molar-refractivity contribution >= 4 is 23.2 Å². The van der Waals surface area contributed by atoms with E-state index < -0.39 is 12.1 Å². The summed E-state index contributed by atoms with van der Waals surface area (Å²) in [4.78, 5) is 28.5. The summed E-state index contributed by atoms with van der Waals surface area (Å²) in [6.45, 7) is 5.73. The lowest BCUT2D eigenvalue weighted by atomic mass is 10.2. The van der Waals surface area contributed by atoms with E-state index in [1.807, 2.05) is 49.8 Å². The van der Waals surface area contributed by atoms with Gasteiger partial charge in [-0.15, -0.1) is 0 Å². The molecule has 5 rings (SSSR count). The fourth-order valence-corrected chi connectivity index (χ4v) is 4.16. The molecule has 1 aliphatic heterocycles. The van der Waals surface area contributed by atoms with Crippen LogP contribution in [-0.4, -0.2) is 61.5 Å². The Labute approximate surface area is 210 Å². The van der Waals surface area contributed by atoms with Crippen LogP contribution in [0.1, 0.15) is 28.0 Å². The SMILES string of the molecule is Cc1ccccc1-n1ccc(C(=O)N[C@H]2CCN(c3nccn4ccc(C)c34)C2)n1.O=C(O)C(F)(F)F. The van der Waals surface area contributed by atoms with E-state index in [4.69, 9.17) is 9.90 Å². The predicted molar refractivity (Wildman–Crippen MR) is 130 cm³/mol. The maximum absolute atomic E-state index is 12.8. The van der Waals surface area contributed by atoms with Gasteiger partial charge < -0.3 is 19.7 Å². The summed E-state index contributed by atoms with van der Waals surface area (Å²) in [5.74, 6) is -1.92. The molecular formula is C25H25F3N6O3. The highest BCUT2D eigenvalue weighted by molar-refractivity contribution is 5.92. The number of carbonyl (C=O) groups excluding carboxylic acids is 1. The first-order valence-electron chi connectivity index (χ1n) is 11.4. The Morgan fingerprint density at radius 2 is 1.78 bits per heavy atom. The highest BCUT2D eigenvalue weighted by Crippen LogP contribution is 2.26. The number of rotatable bonds is 4. The van der Waals surface area contributed by atoms with Crippen molar-refractivity contribution in [3.05, 3.63) is 78.0 Å². The van der Waals surface area contributed by atoms with Gasteiger partial charge in [-0.25, -0.2) is 14.5 Å². The Kier molecular flexibility index (Phi) is 7.18. The average Bonchev–Trinajstić information content (AvgIpc) is 3.60. The summed E-state index contributed by atoms with van der Waals surface area (Å²) in [7, 11) is 0. The molecule has 1 atom stereocenters. The van der Waals surface area contributed by atoms with E-state index >= 15 is 0 Å². The maximum Gasteiger partial charge on any atom is 0.490 e. The second kappa shape index (κ2) is 10.3. The van der Waals surface area contributed by atoms with Crippen LogP contribution in [0, 0.1) is 13.8 Å². The number of carbonyl (C=O) groups is 2. The van der Waals surface area contributed by atoms with Gasteiger partial charge in [0, 0.05) is 43.9 Å². The number of para-hydroxylation sites is 1. The molecule has 0 spiro atoms. The number of nitrogens with zero attached hydrogens (tertiary/aromatic N) is 5. The Bertz CT molecular complexity index is 1430. The number of alkyl halides is 3. The Morgan fingerprint density at radius 3 is 2.49 bits per heavy atom. The van der Waals surface area contributed by atoms with Crippen LogP contribution in [0.4, 0.5) is 19.0 Å². The second-order valence-electron chi connectivity index (χ2n) is 8.65. The molecule has 2 N–H and O–H groups in total. The maximum atomic E-state index is 12.8. The van der Waals surface area contributed by atoms with E-state index in [-0.39, 0.29) is 11.9 Å². The normalized spacial score (nSPS) is 15.4. The molecule has 4 heterocycles. The summed E-state index contributed by atoms with van der Waals surface area (Å²) in [5.41, 5.74) is 4.85. The second-order valence-corrected chi connectivity index (χ2v) is 8.65. The molecular weight excluding hydrogens is 489 g/mol. The van der Waals surface area contributed by atoms with Crippen molar-refractivity contribution < 1.29 is 27.9 Å². The molecule has 9 nitrogen and oxygen atoms in total. The number of anilines is 1. The number of benzene rings is 1. The molecule has 1 aliphatic rings. The zero-order valence-corrected chi connectivity index (χ0v) is 20.1.